The maximum absolute atomic E-state index is 12.0. The molecule has 2 atom stereocenters. The fourth-order valence-corrected chi connectivity index (χ4v) is 2.37. The van der Waals surface area contributed by atoms with Gasteiger partial charge in [-0.25, -0.2) is 4.79 Å². The third-order valence-corrected chi connectivity index (χ3v) is 3.50. The molecule has 2 aliphatic rings. The Morgan fingerprint density at radius 1 is 1.29 bits per heavy atom. The topological polar surface area (TPSA) is 70.5 Å². The van der Waals surface area contributed by atoms with Crippen molar-refractivity contribution in [3.63, 3.8) is 0 Å². The van der Waals surface area contributed by atoms with E-state index in [0.717, 1.165) is 13.1 Å². The Morgan fingerprint density at radius 3 is 2.53 bits per heavy atom. The van der Waals surface area contributed by atoms with Crippen molar-refractivity contribution in [3.8, 4) is 0 Å². The summed E-state index contributed by atoms with van der Waals surface area (Å²) in [5, 5.41) is 8.73. The summed E-state index contributed by atoms with van der Waals surface area (Å²) < 4.78 is 0. The predicted molar refractivity (Wildman–Crippen MR) is 58.7 cm³/mol. The molecule has 0 radical (unpaired) electrons. The van der Waals surface area contributed by atoms with E-state index in [-0.39, 0.29) is 11.5 Å². The minimum atomic E-state index is -1.03. The number of aromatic nitrogens is 1. The molecular formula is C12H12N2O3. The lowest BCUT2D eigenvalue weighted by atomic mass is 10.2. The molecule has 0 aromatic carbocycles. The van der Waals surface area contributed by atoms with Crippen LogP contribution < -0.4 is 0 Å². The highest BCUT2D eigenvalue weighted by Gasteiger charge is 2.46. The van der Waals surface area contributed by atoms with Crippen LogP contribution in [-0.2, 0) is 0 Å². The Balaban J connectivity index is 1.75. The minimum Gasteiger partial charge on any atom is -0.478 e. The van der Waals surface area contributed by atoms with Gasteiger partial charge in [-0.3, -0.25) is 9.78 Å². The van der Waals surface area contributed by atoms with Gasteiger partial charge in [-0.2, -0.15) is 0 Å². The molecule has 2 fully saturated rings. The smallest absolute Gasteiger partial charge is 0.337 e. The van der Waals surface area contributed by atoms with E-state index in [9.17, 15) is 9.59 Å². The number of piperidine rings is 1. The SMILES string of the molecule is O=C(O)c1ccc(C(=O)N2CC3CC3C2)nc1. The van der Waals surface area contributed by atoms with Crippen LogP contribution >= 0.6 is 0 Å². The van der Waals surface area contributed by atoms with Gasteiger partial charge in [0.2, 0.25) is 0 Å². The average Bonchev–Trinajstić information content (AvgIpc) is 2.95. The Morgan fingerprint density at radius 2 is 2.00 bits per heavy atom. The molecule has 1 aromatic rings. The van der Waals surface area contributed by atoms with Gasteiger partial charge in [0.05, 0.1) is 5.56 Å². The molecule has 3 rings (SSSR count). The molecule has 5 nitrogen and oxygen atoms in total. The Labute approximate surface area is 98.1 Å². The number of carboxylic acid groups (broad SMARTS) is 1. The van der Waals surface area contributed by atoms with Crippen LogP contribution in [-0.4, -0.2) is 40.0 Å². The van der Waals surface area contributed by atoms with Crippen molar-refractivity contribution in [2.75, 3.05) is 13.1 Å². The van der Waals surface area contributed by atoms with Gasteiger partial charge in [-0.15, -0.1) is 0 Å². The minimum absolute atomic E-state index is 0.0888. The molecule has 88 valence electrons. The van der Waals surface area contributed by atoms with Crippen molar-refractivity contribution in [3.05, 3.63) is 29.6 Å². The summed E-state index contributed by atoms with van der Waals surface area (Å²) in [5.74, 6) is 0.266. The van der Waals surface area contributed by atoms with Crippen molar-refractivity contribution < 1.29 is 14.7 Å². The number of amides is 1. The van der Waals surface area contributed by atoms with Crippen LogP contribution in [0.4, 0.5) is 0 Å². The molecule has 1 amide bonds. The number of likely N-dealkylation sites (tertiary alicyclic amines) is 1. The Hall–Kier alpha value is -1.91. The van der Waals surface area contributed by atoms with E-state index in [1.54, 1.807) is 0 Å². The van der Waals surface area contributed by atoms with Gasteiger partial charge >= 0.3 is 5.97 Å². The summed E-state index contributed by atoms with van der Waals surface area (Å²) in [4.78, 5) is 28.4. The molecule has 1 saturated carbocycles. The van der Waals surface area contributed by atoms with Crippen molar-refractivity contribution >= 4 is 11.9 Å². The molecule has 1 aliphatic carbocycles. The largest absolute Gasteiger partial charge is 0.478 e. The van der Waals surface area contributed by atoms with E-state index < -0.39 is 5.97 Å². The lowest BCUT2D eigenvalue weighted by Crippen LogP contribution is -2.30. The third kappa shape index (κ3) is 1.77. The quantitative estimate of drug-likeness (QED) is 0.821. The fraction of sp³-hybridized carbons (Fsp3) is 0.417. The summed E-state index contributed by atoms with van der Waals surface area (Å²) in [6.45, 7) is 1.65. The molecule has 1 aliphatic heterocycles. The van der Waals surface area contributed by atoms with Crippen molar-refractivity contribution in [2.45, 2.75) is 6.42 Å². The van der Waals surface area contributed by atoms with Gasteiger partial charge in [0.25, 0.3) is 5.91 Å². The van der Waals surface area contributed by atoms with Crippen LogP contribution in [0.2, 0.25) is 0 Å². The predicted octanol–water partition coefficient (Wildman–Crippen LogP) is 0.872. The van der Waals surface area contributed by atoms with E-state index in [1.807, 2.05) is 4.90 Å². The van der Waals surface area contributed by atoms with E-state index in [1.165, 1.54) is 24.8 Å². The fourth-order valence-electron chi connectivity index (χ4n) is 2.37. The summed E-state index contributed by atoms with van der Waals surface area (Å²) in [6.07, 6.45) is 2.47. The summed E-state index contributed by atoms with van der Waals surface area (Å²) in [6, 6.07) is 2.90. The molecule has 1 N–H and O–H groups in total. The second kappa shape index (κ2) is 3.55. The van der Waals surface area contributed by atoms with E-state index in [2.05, 4.69) is 4.98 Å². The number of fused-ring (bicyclic) bond motifs is 1. The number of nitrogens with zero attached hydrogens (tertiary/aromatic N) is 2. The van der Waals surface area contributed by atoms with Gasteiger partial charge < -0.3 is 10.0 Å². The van der Waals surface area contributed by atoms with Crippen LogP contribution in [0.5, 0.6) is 0 Å². The number of carbonyl (C=O) groups excluding carboxylic acids is 1. The lowest BCUT2D eigenvalue weighted by molar-refractivity contribution is 0.0693. The number of carboxylic acids is 1. The first-order chi connectivity index (χ1) is 8.15. The average molecular weight is 232 g/mol. The van der Waals surface area contributed by atoms with Gasteiger partial charge in [0.15, 0.2) is 0 Å². The molecule has 1 saturated heterocycles. The zero-order valence-corrected chi connectivity index (χ0v) is 9.17. The van der Waals surface area contributed by atoms with Crippen molar-refractivity contribution in [1.82, 2.24) is 9.88 Å². The molecule has 0 bridgehead atoms. The summed E-state index contributed by atoms with van der Waals surface area (Å²) >= 11 is 0. The first kappa shape index (κ1) is 10.3. The van der Waals surface area contributed by atoms with Crippen LogP contribution in [0.25, 0.3) is 0 Å². The normalized spacial score (nSPS) is 25.5. The third-order valence-electron chi connectivity index (χ3n) is 3.50. The zero-order chi connectivity index (χ0) is 12.0. The standard InChI is InChI=1S/C12H12N2O3/c15-11(14-5-8-3-9(8)6-14)10-2-1-7(4-13-10)12(16)17/h1-2,4,8-9H,3,5-6H2,(H,16,17). The summed E-state index contributed by atoms with van der Waals surface area (Å²) in [7, 11) is 0. The van der Waals surface area contributed by atoms with Gasteiger partial charge in [0, 0.05) is 19.3 Å². The Bertz CT molecular complexity index is 473. The number of aromatic carboxylic acids is 1. The van der Waals surface area contributed by atoms with E-state index in [0.29, 0.717) is 17.5 Å². The van der Waals surface area contributed by atoms with Crippen molar-refractivity contribution in [1.29, 1.82) is 0 Å². The van der Waals surface area contributed by atoms with E-state index >= 15 is 0 Å². The molecular weight excluding hydrogens is 220 g/mol. The zero-order valence-electron chi connectivity index (χ0n) is 9.17. The van der Waals surface area contributed by atoms with Gasteiger partial charge in [-0.05, 0) is 30.4 Å². The number of pyridine rings is 1. The number of hydrogen-bond donors (Lipinski definition) is 1. The van der Waals surface area contributed by atoms with Gasteiger partial charge in [-0.1, -0.05) is 0 Å². The molecule has 17 heavy (non-hydrogen) atoms. The second-order valence-corrected chi connectivity index (χ2v) is 4.70. The summed E-state index contributed by atoms with van der Waals surface area (Å²) in [5.41, 5.74) is 0.433. The highest BCUT2D eigenvalue weighted by atomic mass is 16.4. The van der Waals surface area contributed by atoms with E-state index in [4.69, 9.17) is 5.11 Å². The number of rotatable bonds is 2. The van der Waals surface area contributed by atoms with Crippen LogP contribution in [0.1, 0.15) is 27.3 Å². The molecule has 2 unspecified atom stereocenters. The first-order valence-electron chi connectivity index (χ1n) is 5.64. The number of carbonyl (C=O) groups is 2. The first-order valence-corrected chi connectivity index (χ1v) is 5.64. The monoisotopic (exact) mass is 232 g/mol. The molecule has 2 heterocycles. The maximum Gasteiger partial charge on any atom is 0.337 e. The highest BCUT2D eigenvalue weighted by Crippen LogP contribution is 2.45. The molecule has 5 heteroatoms. The maximum atomic E-state index is 12.0. The lowest BCUT2D eigenvalue weighted by Gasteiger charge is -2.17. The van der Waals surface area contributed by atoms with Crippen LogP contribution in [0.3, 0.4) is 0 Å². The molecule has 1 aromatic heterocycles. The second-order valence-electron chi connectivity index (χ2n) is 4.70. The van der Waals surface area contributed by atoms with Crippen molar-refractivity contribution in [2.24, 2.45) is 11.8 Å². The van der Waals surface area contributed by atoms with Crippen LogP contribution in [0, 0.1) is 11.8 Å². The highest BCUT2D eigenvalue weighted by molar-refractivity contribution is 5.94. The van der Waals surface area contributed by atoms with Crippen LogP contribution in [0.15, 0.2) is 18.3 Å². The molecule has 0 spiro atoms. The number of hydrogen-bond acceptors (Lipinski definition) is 3. The Kier molecular flexibility index (Phi) is 2.14. The van der Waals surface area contributed by atoms with Gasteiger partial charge in [0.1, 0.15) is 5.69 Å².